The third-order valence-electron chi connectivity index (χ3n) is 4.71. The summed E-state index contributed by atoms with van der Waals surface area (Å²) in [4.78, 5) is 23.5. The molecule has 18 heavy (non-hydrogen) atoms. The molecule has 1 saturated heterocycles. The molecule has 2 unspecified atom stereocenters. The first kappa shape index (κ1) is 13.7. The molecule has 0 radical (unpaired) electrons. The lowest BCUT2D eigenvalue weighted by atomic mass is 9.60. The number of hydrogen-bond donors (Lipinski definition) is 1. The zero-order valence-electron chi connectivity index (χ0n) is 11.3. The molecule has 1 saturated carbocycles. The molecule has 1 N–H and O–H groups in total. The Hall–Kier alpha value is -0.740. The van der Waals surface area contributed by atoms with E-state index in [4.69, 9.17) is 4.74 Å². The van der Waals surface area contributed by atoms with Crippen LogP contribution in [0.2, 0.25) is 0 Å². The molecule has 0 amide bonds. The Bertz CT molecular complexity index is 363. The molecule has 1 aliphatic heterocycles. The Morgan fingerprint density at radius 1 is 1.39 bits per heavy atom. The van der Waals surface area contributed by atoms with Gasteiger partial charge in [-0.2, -0.15) is 0 Å². The van der Waals surface area contributed by atoms with E-state index in [1.165, 1.54) is 6.92 Å². The van der Waals surface area contributed by atoms with Crippen LogP contribution in [0.5, 0.6) is 0 Å². The molecule has 102 valence electrons. The summed E-state index contributed by atoms with van der Waals surface area (Å²) in [5.74, 6) is -1.35. The van der Waals surface area contributed by atoms with E-state index in [9.17, 15) is 14.7 Å². The van der Waals surface area contributed by atoms with Crippen molar-refractivity contribution in [3.05, 3.63) is 0 Å². The molecule has 2 fully saturated rings. The van der Waals surface area contributed by atoms with Crippen molar-refractivity contribution < 1.29 is 19.4 Å². The lowest BCUT2D eigenvalue weighted by Gasteiger charge is -2.54. The summed E-state index contributed by atoms with van der Waals surface area (Å²) in [7, 11) is 0. The van der Waals surface area contributed by atoms with Gasteiger partial charge in [-0.1, -0.05) is 6.92 Å². The maximum Gasteiger partial charge on any atom is 0.164 e. The monoisotopic (exact) mass is 254 g/mol. The number of carbonyl (C=O) groups excluding carboxylic acids is 2. The highest BCUT2D eigenvalue weighted by atomic mass is 16.6. The molecule has 4 heteroatoms. The molecule has 0 aromatic carbocycles. The van der Waals surface area contributed by atoms with Crippen LogP contribution in [0.15, 0.2) is 0 Å². The Labute approximate surface area is 108 Å². The number of Topliss-reactive ketones (excluding diaryl/α,β-unsaturated/α-hetero) is 1. The zero-order chi connectivity index (χ0) is 13.6. The van der Waals surface area contributed by atoms with Crippen LogP contribution < -0.4 is 0 Å². The van der Waals surface area contributed by atoms with Crippen LogP contribution in [0.4, 0.5) is 0 Å². The molecule has 0 aromatic rings. The molecule has 2 rings (SSSR count). The van der Waals surface area contributed by atoms with Crippen molar-refractivity contribution in [1.82, 2.24) is 0 Å². The van der Waals surface area contributed by atoms with E-state index in [1.54, 1.807) is 6.92 Å². The van der Waals surface area contributed by atoms with E-state index in [0.29, 0.717) is 18.8 Å². The van der Waals surface area contributed by atoms with Gasteiger partial charge in [-0.3, -0.25) is 4.79 Å². The van der Waals surface area contributed by atoms with Crippen molar-refractivity contribution in [3.63, 3.8) is 0 Å². The summed E-state index contributed by atoms with van der Waals surface area (Å²) in [6.07, 6.45) is 3.63. The SMILES string of the molecule is CC(=O)C1CC[C@@H](C)C2CC[C@@](C)(O)O[C@@]12C=O. The maximum atomic E-state index is 11.8. The molecule has 1 heterocycles. The summed E-state index contributed by atoms with van der Waals surface area (Å²) in [5, 5.41) is 10.1. The van der Waals surface area contributed by atoms with Crippen LogP contribution >= 0.6 is 0 Å². The fourth-order valence-corrected chi connectivity index (χ4v) is 3.79. The Morgan fingerprint density at radius 2 is 2.06 bits per heavy atom. The van der Waals surface area contributed by atoms with Crippen LogP contribution in [0.1, 0.15) is 46.5 Å². The van der Waals surface area contributed by atoms with Crippen LogP contribution in [0.3, 0.4) is 0 Å². The molecular formula is C14H22O4. The molecule has 0 spiro atoms. The van der Waals surface area contributed by atoms with Gasteiger partial charge in [0.15, 0.2) is 12.1 Å². The van der Waals surface area contributed by atoms with Gasteiger partial charge in [0.25, 0.3) is 0 Å². The predicted octanol–water partition coefficient (Wildman–Crippen LogP) is 1.69. The largest absolute Gasteiger partial charge is 0.366 e. The summed E-state index contributed by atoms with van der Waals surface area (Å²) in [6.45, 7) is 5.18. The summed E-state index contributed by atoms with van der Waals surface area (Å²) < 4.78 is 5.73. The fourth-order valence-electron chi connectivity index (χ4n) is 3.79. The zero-order valence-corrected chi connectivity index (χ0v) is 11.3. The summed E-state index contributed by atoms with van der Waals surface area (Å²) in [6, 6.07) is 0. The van der Waals surface area contributed by atoms with E-state index in [0.717, 1.165) is 19.1 Å². The second-order valence-corrected chi connectivity index (χ2v) is 6.11. The molecule has 4 nitrogen and oxygen atoms in total. The number of aldehydes is 1. The maximum absolute atomic E-state index is 11.8. The number of ketones is 1. The van der Waals surface area contributed by atoms with E-state index >= 15 is 0 Å². The number of aliphatic hydroxyl groups is 1. The van der Waals surface area contributed by atoms with Crippen molar-refractivity contribution in [2.45, 2.75) is 57.8 Å². The highest BCUT2D eigenvalue weighted by Gasteiger charge is 2.58. The highest BCUT2D eigenvalue weighted by molar-refractivity contribution is 5.85. The van der Waals surface area contributed by atoms with E-state index in [2.05, 4.69) is 6.92 Å². The second-order valence-electron chi connectivity index (χ2n) is 6.11. The number of ether oxygens (including phenoxy) is 1. The first-order valence-corrected chi connectivity index (χ1v) is 6.72. The average molecular weight is 254 g/mol. The molecule has 1 aliphatic carbocycles. The normalized spacial score (nSPS) is 48.3. The summed E-state index contributed by atoms with van der Waals surface area (Å²) in [5.41, 5.74) is -1.12. The standard InChI is InChI=1S/C14H22O4/c1-9-4-5-12(10(2)16)14(8-15)11(9)6-7-13(3,17)18-14/h8-9,11-12,17H,4-7H2,1-3H3/t9-,11?,12?,13+,14-/m1/s1. The number of hydrogen-bond acceptors (Lipinski definition) is 4. The quantitative estimate of drug-likeness (QED) is 0.762. The molecule has 2 aliphatic rings. The number of carbonyl (C=O) groups is 2. The lowest BCUT2D eigenvalue weighted by molar-refractivity contribution is -0.306. The minimum absolute atomic E-state index is 0.0169. The third kappa shape index (κ3) is 2.01. The average Bonchev–Trinajstić information content (AvgIpc) is 2.27. The third-order valence-corrected chi connectivity index (χ3v) is 4.71. The van der Waals surface area contributed by atoms with Crippen molar-refractivity contribution in [2.75, 3.05) is 0 Å². The van der Waals surface area contributed by atoms with E-state index in [1.807, 2.05) is 0 Å². The van der Waals surface area contributed by atoms with Gasteiger partial charge in [0, 0.05) is 6.42 Å². The van der Waals surface area contributed by atoms with Crippen LogP contribution in [-0.2, 0) is 14.3 Å². The first-order chi connectivity index (χ1) is 8.32. The number of rotatable bonds is 2. The summed E-state index contributed by atoms with van der Waals surface area (Å²) >= 11 is 0. The number of fused-ring (bicyclic) bond motifs is 1. The van der Waals surface area contributed by atoms with Gasteiger partial charge < -0.3 is 14.6 Å². The lowest BCUT2D eigenvalue weighted by Crippen LogP contribution is -2.62. The molecule has 0 bridgehead atoms. The van der Waals surface area contributed by atoms with Crippen LogP contribution in [0, 0.1) is 17.8 Å². The van der Waals surface area contributed by atoms with Gasteiger partial charge in [0.05, 0.1) is 5.92 Å². The van der Waals surface area contributed by atoms with Gasteiger partial charge in [-0.15, -0.1) is 0 Å². The van der Waals surface area contributed by atoms with Crippen molar-refractivity contribution >= 4 is 12.1 Å². The van der Waals surface area contributed by atoms with Gasteiger partial charge in [-0.25, -0.2) is 0 Å². The van der Waals surface area contributed by atoms with Gasteiger partial charge in [0.1, 0.15) is 11.4 Å². The van der Waals surface area contributed by atoms with E-state index < -0.39 is 17.3 Å². The minimum Gasteiger partial charge on any atom is -0.366 e. The van der Waals surface area contributed by atoms with Crippen molar-refractivity contribution in [1.29, 1.82) is 0 Å². The van der Waals surface area contributed by atoms with Gasteiger partial charge in [-0.05, 0) is 44.9 Å². The highest BCUT2D eigenvalue weighted by Crippen LogP contribution is 2.51. The Balaban J connectivity index is 2.42. The Kier molecular flexibility index (Phi) is 3.36. The molecule has 5 atom stereocenters. The predicted molar refractivity (Wildman–Crippen MR) is 65.8 cm³/mol. The fraction of sp³-hybridized carbons (Fsp3) is 0.857. The first-order valence-electron chi connectivity index (χ1n) is 6.72. The molecule has 0 aromatic heterocycles. The van der Waals surface area contributed by atoms with Gasteiger partial charge >= 0.3 is 0 Å². The minimum atomic E-state index is -1.30. The Morgan fingerprint density at radius 3 is 2.61 bits per heavy atom. The van der Waals surface area contributed by atoms with Crippen LogP contribution in [0.25, 0.3) is 0 Å². The van der Waals surface area contributed by atoms with Crippen LogP contribution in [-0.4, -0.2) is 28.6 Å². The smallest absolute Gasteiger partial charge is 0.164 e. The van der Waals surface area contributed by atoms with Crippen molar-refractivity contribution in [3.8, 4) is 0 Å². The molecular weight excluding hydrogens is 232 g/mol. The van der Waals surface area contributed by atoms with Crippen molar-refractivity contribution in [2.24, 2.45) is 17.8 Å². The van der Waals surface area contributed by atoms with E-state index in [-0.39, 0.29) is 11.7 Å². The topological polar surface area (TPSA) is 63.6 Å². The second kappa shape index (κ2) is 4.42. The van der Waals surface area contributed by atoms with Gasteiger partial charge in [0.2, 0.25) is 0 Å².